The van der Waals surface area contributed by atoms with E-state index in [0.29, 0.717) is 11.0 Å². The second kappa shape index (κ2) is 4.14. The van der Waals surface area contributed by atoms with E-state index in [1.54, 1.807) is 12.1 Å². The Hall–Kier alpha value is -2.37. The largest absolute Gasteiger partial charge is 0.476 e. The van der Waals surface area contributed by atoms with Crippen LogP contribution in [0, 0.1) is 6.92 Å². The molecule has 0 aliphatic carbocycles. The highest BCUT2D eigenvalue weighted by Gasteiger charge is 2.13. The van der Waals surface area contributed by atoms with E-state index in [-0.39, 0.29) is 0 Å². The van der Waals surface area contributed by atoms with Crippen molar-refractivity contribution in [1.82, 2.24) is 9.97 Å². The number of nitrogens with zero attached hydrogens (tertiary/aromatic N) is 2. The van der Waals surface area contributed by atoms with Crippen LogP contribution in [0.4, 0.5) is 5.69 Å². The molecule has 0 aliphatic rings. The third kappa shape index (κ3) is 1.92. The number of aromatic carboxylic acids is 1. The molecule has 0 unspecified atom stereocenters. The number of nitrogens with one attached hydrogen (secondary N) is 1. The zero-order chi connectivity index (χ0) is 13.4. The Labute approximate surface area is 103 Å². The van der Waals surface area contributed by atoms with Crippen LogP contribution >= 0.6 is 0 Å². The fourth-order valence-corrected chi connectivity index (χ4v) is 1.86. The smallest absolute Gasteiger partial charge is 0.360 e. The van der Waals surface area contributed by atoms with Gasteiger partial charge in [0.1, 0.15) is 0 Å². The first-order valence-corrected chi connectivity index (χ1v) is 5.35. The van der Waals surface area contributed by atoms with Crippen LogP contribution in [-0.4, -0.2) is 35.1 Å². The molecule has 94 valence electrons. The highest BCUT2D eigenvalue weighted by Crippen LogP contribution is 2.22. The number of aromatic amines is 1. The van der Waals surface area contributed by atoms with Gasteiger partial charge in [0.2, 0.25) is 5.69 Å². The van der Waals surface area contributed by atoms with E-state index in [1.807, 2.05) is 25.9 Å². The molecule has 2 N–H and O–H groups in total. The van der Waals surface area contributed by atoms with Gasteiger partial charge in [-0.25, -0.2) is 9.78 Å². The summed E-state index contributed by atoms with van der Waals surface area (Å²) in [5, 5.41) is 8.87. The lowest BCUT2D eigenvalue weighted by molar-refractivity contribution is 0.0689. The quantitative estimate of drug-likeness (QED) is 0.826. The molecule has 1 heterocycles. The molecule has 0 amide bonds. The summed E-state index contributed by atoms with van der Waals surface area (Å²) >= 11 is 0. The van der Waals surface area contributed by atoms with Crippen LogP contribution in [0.5, 0.6) is 0 Å². The van der Waals surface area contributed by atoms with E-state index < -0.39 is 17.2 Å². The van der Waals surface area contributed by atoms with Crippen molar-refractivity contribution >= 4 is 22.7 Å². The third-order valence-electron chi connectivity index (χ3n) is 2.69. The van der Waals surface area contributed by atoms with Crippen LogP contribution in [0.15, 0.2) is 16.9 Å². The number of rotatable bonds is 2. The van der Waals surface area contributed by atoms with E-state index in [9.17, 15) is 9.59 Å². The monoisotopic (exact) mass is 247 g/mol. The average Bonchev–Trinajstić information content (AvgIpc) is 2.26. The second-order valence-corrected chi connectivity index (χ2v) is 4.27. The molecule has 0 aliphatic heterocycles. The van der Waals surface area contributed by atoms with E-state index in [0.717, 1.165) is 11.3 Å². The number of benzene rings is 1. The SMILES string of the molecule is Cc1cc2[nH]c(=O)c(C(=O)O)nc2cc1N(C)C. The molecule has 6 heteroatoms. The lowest BCUT2D eigenvalue weighted by Gasteiger charge is -2.16. The molecule has 0 saturated carbocycles. The minimum absolute atomic E-state index is 0.460. The molecular weight excluding hydrogens is 234 g/mol. The molecule has 0 saturated heterocycles. The topological polar surface area (TPSA) is 86.3 Å². The van der Waals surface area contributed by atoms with Gasteiger partial charge in [-0.05, 0) is 24.6 Å². The van der Waals surface area contributed by atoms with Crippen LogP contribution in [-0.2, 0) is 0 Å². The number of aromatic nitrogens is 2. The molecule has 0 bridgehead atoms. The van der Waals surface area contributed by atoms with E-state index >= 15 is 0 Å². The second-order valence-electron chi connectivity index (χ2n) is 4.27. The Morgan fingerprint density at radius 2 is 2.06 bits per heavy atom. The first-order valence-electron chi connectivity index (χ1n) is 5.35. The molecule has 0 atom stereocenters. The molecule has 0 radical (unpaired) electrons. The summed E-state index contributed by atoms with van der Waals surface area (Å²) in [4.78, 5) is 30.7. The van der Waals surface area contributed by atoms with Crippen LogP contribution in [0.2, 0.25) is 0 Å². The van der Waals surface area contributed by atoms with Gasteiger partial charge in [-0.1, -0.05) is 0 Å². The Kier molecular flexibility index (Phi) is 2.78. The van der Waals surface area contributed by atoms with Crippen molar-refractivity contribution in [3.63, 3.8) is 0 Å². The van der Waals surface area contributed by atoms with Crippen molar-refractivity contribution in [2.45, 2.75) is 6.92 Å². The first kappa shape index (κ1) is 12.1. The molecule has 2 aromatic rings. The number of hydrogen-bond acceptors (Lipinski definition) is 4. The number of carbonyl (C=O) groups is 1. The standard InChI is InChI=1S/C12H13N3O3/c1-6-4-7-8(5-9(6)15(2)3)13-10(12(17)18)11(16)14-7/h4-5H,1-3H3,(H,14,16)(H,17,18). The Morgan fingerprint density at radius 1 is 1.39 bits per heavy atom. The molecule has 1 aromatic heterocycles. The van der Waals surface area contributed by atoms with Crippen molar-refractivity contribution in [3.8, 4) is 0 Å². The van der Waals surface area contributed by atoms with Gasteiger partial charge in [-0.15, -0.1) is 0 Å². The van der Waals surface area contributed by atoms with Crippen molar-refractivity contribution in [2.75, 3.05) is 19.0 Å². The lowest BCUT2D eigenvalue weighted by atomic mass is 10.1. The molecule has 0 spiro atoms. The van der Waals surface area contributed by atoms with Gasteiger partial charge in [-0.2, -0.15) is 0 Å². The van der Waals surface area contributed by atoms with E-state index in [2.05, 4.69) is 9.97 Å². The normalized spacial score (nSPS) is 10.6. The first-order chi connectivity index (χ1) is 8.40. The number of H-pyrrole nitrogens is 1. The van der Waals surface area contributed by atoms with E-state index in [4.69, 9.17) is 5.11 Å². The molecule has 1 aromatic carbocycles. The summed E-state index contributed by atoms with van der Waals surface area (Å²) in [5.41, 5.74) is 1.73. The highest BCUT2D eigenvalue weighted by atomic mass is 16.4. The van der Waals surface area contributed by atoms with Gasteiger partial charge in [0, 0.05) is 19.8 Å². The number of hydrogen-bond donors (Lipinski definition) is 2. The summed E-state index contributed by atoms with van der Waals surface area (Å²) < 4.78 is 0. The summed E-state index contributed by atoms with van der Waals surface area (Å²) in [5.74, 6) is -1.33. The number of anilines is 1. The van der Waals surface area contributed by atoms with Gasteiger partial charge in [0.25, 0.3) is 5.56 Å². The minimum atomic E-state index is -1.33. The predicted octanol–water partition coefficient (Wildman–Crippen LogP) is 0.996. The molecule has 6 nitrogen and oxygen atoms in total. The number of carboxylic acid groups (broad SMARTS) is 1. The highest BCUT2D eigenvalue weighted by molar-refractivity contribution is 5.89. The average molecular weight is 247 g/mol. The Balaban J connectivity index is 2.79. The summed E-state index contributed by atoms with van der Waals surface area (Å²) in [6.45, 7) is 1.91. The maximum Gasteiger partial charge on any atom is 0.360 e. The number of fused-ring (bicyclic) bond motifs is 1. The molecule has 0 fully saturated rings. The van der Waals surface area contributed by atoms with Crippen molar-refractivity contribution in [3.05, 3.63) is 33.7 Å². The number of carboxylic acids is 1. The fraction of sp³-hybridized carbons (Fsp3) is 0.250. The van der Waals surface area contributed by atoms with Crippen molar-refractivity contribution in [1.29, 1.82) is 0 Å². The lowest BCUT2D eigenvalue weighted by Crippen LogP contribution is -2.20. The third-order valence-corrected chi connectivity index (χ3v) is 2.69. The maximum absolute atomic E-state index is 11.5. The Bertz CT molecular complexity index is 689. The van der Waals surface area contributed by atoms with Crippen molar-refractivity contribution < 1.29 is 9.90 Å². The van der Waals surface area contributed by atoms with Crippen molar-refractivity contribution in [2.24, 2.45) is 0 Å². The predicted molar refractivity (Wildman–Crippen MR) is 68.4 cm³/mol. The van der Waals surface area contributed by atoms with Crippen LogP contribution < -0.4 is 10.5 Å². The molecule has 18 heavy (non-hydrogen) atoms. The Morgan fingerprint density at radius 3 is 2.61 bits per heavy atom. The molecule has 2 rings (SSSR count). The van der Waals surface area contributed by atoms with Crippen LogP contribution in [0.3, 0.4) is 0 Å². The van der Waals surface area contributed by atoms with Gasteiger partial charge >= 0.3 is 5.97 Å². The summed E-state index contributed by atoms with van der Waals surface area (Å²) in [6, 6.07) is 3.54. The minimum Gasteiger partial charge on any atom is -0.476 e. The van der Waals surface area contributed by atoms with Gasteiger partial charge < -0.3 is 15.0 Å². The molecular formula is C12H13N3O3. The van der Waals surface area contributed by atoms with E-state index in [1.165, 1.54) is 0 Å². The van der Waals surface area contributed by atoms with Gasteiger partial charge in [0.05, 0.1) is 11.0 Å². The zero-order valence-electron chi connectivity index (χ0n) is 10.3. The summed E-state index contributed by atoms with van der Waals surface area (Å²) in [7, 11) is 3.77. The fourth-order valence-electron chi connectivity index (χ4n) is 1.86. The zero-order valence-corrected chi connectivity index (χ0v) is 10.3. The number of aryl methyl sites for hydroxylation is 1. The summed E-state index contributed by atoms with van der Waals surface area (Å²) in [6.07, 6.45) is 0. The van der Waals surface area contributed by atoms with Crippen LogP contribution in [0.1, 0.15) is 16.1 Å². The van der Waals surface area contributed by atoms with Crippen LogP contribution in [0.25, 0.3) is 11.0 Å². The van der Waals surface area contributed by atoms with Gasteiger partial charge in [-0.3, -0.25) is 4.79 Å². The maximum atomic E-state index is 11.5. The van der Waals surface area contributed by atoms with Gasteiger partial charge in [0.15, 0.2) is 0 Å².